The fourth-order valence-electron chi connectivity index (χ4n) is 1.68. The van der Waals surface area contributed by atoms with Gasteiger partial charge >= 0.3 is 0 Å². The van der Waals surface area contributed by atoms with Crippen LogP contribution in [-0.2, 0) is 10.2 Å². The molecule has 0 saturated heterocycles. The lowest BCUT2D eigenvalue weighted by Gasteiger charge is -2.19. The fraction of sp³-hybridized carbons (Fsp3) is 0.471. The smallest absolute Gasteiger partial charge is 0.244 e. The van der Waals surface area contributed by atoms with Gasteiger partial charge in [0.15, 0.2) is 0 Å². The summed E-state index contributed by atoms with van der Waals surface area (Å²) in [4.78, 5) is 11.7. The largest absolute Gasteiger partial charge is 0.348 e. The molecule has 19 heavy (non-hydrogen) atoms. The zero-order valence-corrected chi connectivity index (χ0v) is 12.9. The molecule has 2 nitrogen and oxygen atoms in total. The third-order valence-corrected chi connectivity index (χ3v) is 2.70. The van der Waals surface area contributed by atoms with Crippen molar-refractivity contribution in [3.05, 3.63) is 41.5 Å². The molecule has 2 heteroatoms. The third-order valence-electron chi connectivity index (χ3n) is 2.70. The van der Waals surface area contributed by atoms with Gasteiger partial charge < -0.3 is 5.32 Å². The summed E-state index contributed by atoms with van der Waals surface area (Å²) in [7, 11) is 0. The number of nitrogens with one attached hydrogen (secondary N) is 1. The van der Waals surface area contributed by atoms with E-state index in [0.29, 0.717) is 0 Å². The first kappa shape index (κ1) is 15.5. The maximum Gasteiger partial charge on any atom is 0.244 e. The Labute approximate surface area is 116 Å². The molecule has 0 bridgehead atoms. The number of amides is 1. The molecule has 0 aliphatic heterocycles. The quantitative estimate of drug-likeness (QED) is 0.802. The Hall–Kier alpha value is -1.57. The van der Waals surface area contributed by atoms with Crippen molar-refractivity contribution in [2.45, 2.75) is 52.5 Å². The highest BCUT2D eigenvalue weighted by atomic mass is 16.1. The van der Waals surface area contributed by atoms with Gasteiger partial charge in [-0.3, -0.25) is 4.79 Å². The first-order valence-corrected chi connectivity index (χ1v) is 6.69. The van der Waals surface area contributed by atoms with E-state index >= 15 is 0 Å². The second-order valence-corrected chi connectivity index (χ2v) is 6.94. The monoisotopic (exact) mass is 259 g/mol. The van der Waals surface area contributed by atoms with Crippen molar-refractivity contribution in [3.63, 3.8) is 0 Å². The van der Waals surface area contributed by atoms with E-state index in [1.807, 2.05) is 39.0 Å². The summed E-state index contributed by atoms with van der Waals surface area (Å²) in [5.41, 5.74) is 2.30. The van der Waals surface area contributed by atoms with Gasteiger partial charge in [-0.1, -0.05) is 45.0 Å². The predicted octanol–water partition coefficient (Wildman–Crippen LogP) is 3.91. The summed E-state index contributed by atoms with van der Waals surface area (Å²) in [6.45, 7) is 12.5. The summed E-state index contributed by atoms with van der Waals surface area (Å²) in [6.07, 6.45) is 3.42. The molecule has 1 aromatic carbocycles. The molecule has 104 valence electrons. The first-order chi connectivity index (χ1) is 8.58. The Balaban J connectivity index is 2.71. The second-order valence-electron chi connectivity index (χ2n) is 6.94. The van der Waals surface area contributed by atoms with Crippen molar-refractivity contribution in [2.75, 3.05) is 0 Å². The van der Waals surface area contributed by atoms with Gasteiger partial charge in [-0.2, -0.15) is 0 Å². The molecule has 1 aromatic rings. The number of hydrogen-bond acceptors (Lipinski definition) is 1. The van der Waals surface area contributed by atoms with Crippen LogP contribution in [0.15, 0.2) is 30.3 Å². The lowest BCUT2D eigenvalue weighted by molar-refractivity contribution is -0.117. The predicted molar refractivity (Wildman–Crippen MR) is 82.1 cm³/mol. The van der Waals surface area contributed by atoms with E-state index < -0.39 is 0 Å². The summed E-state index contributed by atoms with van der Waals surface area (Å²) < 4.78 is 0. The summed E-state index contributed by atoms with van der Waals surface area (Å²) >= 11 is 0. The molecule has 0 aliphatic carbocycles. The van der Waals surface area contributed by atoms with Crippen LogP contribution in [0.3, 0.4) is 0 Å². The molecular weight excluding hydrogens is 234 g/mol. The summed E-state index contributed by atoms with van der Waals surface area (Å²) in [5.74, 6) is -0.0626. The van der Waals surface area contributed by atoms with Crippen LogP contribution in [0.25, 0.3) is 6.08 Å². The fourth-order valence-corrected chi connectivity index (χ4v) is 1.68. The highest BCUT2D eigenvalue weighted by Crippen LogP contribution is 2.22. The van der Waals surface area contributed by atoms with Crippen LogP contribution in [0.1, 0.15) is 52.7 Å². The molecule has 0 atom stereocenters. The van der Waals surface area contributed by atoms with Crippen LogP contribution >= 0.6 is 0 Å². The lowest BCUT2D eigenvalue weighted by Crippen LogP contribution is -2.39. The summed E-state index contributed by atoms with van der Waals surface area (Å²) in [6, 6.07) is 8.31. The van der Waals surface area contributed by atoms with Gasteiger partial charge in [-0.25, -0.2) is 0 Å². The SMILES string of the molecule is CC(C)(C)NC(=O)/C=C/c1ccc(C(C)(C)C)cc1. The van der Waals surface area contributed by atoms with Crippen LogP contribution in [0.2, 0.25) is 0 Å². The van der Waals surface area contributed by atoms with Crippen molar-refractivity contribution in [1.82, 2.24) is 5.32 Å². The Morgan fingerprint density at radius 1 is 1.00 bits per heavy atom. The molecule has 1 N–H and O–H groups in total. The van der Waals surface area contributed by atoms with Crippen LogP contribution in [-0.4, -0.2) is 11.4 Å². The number of hydrogen-bond donors (Lipinski definition) is 1. The minimum Gasteiger partial charge on any atom is -0.348 e. The highest BCUT2D eigenvalue weighted by molar-refractivity contribution is 5.92. The Bertz CT molecular complexity index is 456. The minimum absolute atomic E-state index is 0.0626. The van der Waals surface area contributed by atoms with E-state index in [-0.39, 0.29) is 16.9 Å². The molecule has 0 fully saturated rings. The molecule has 0 aliphatic rings. The van der Waals surface area contributed by atoms with Gasteiger partial charge in [0.2, 0.25) is 5.91 Å². The van der Waals surface area contributed by atoms with Crippen LogP contribution in [0.4, 0.5) is 0 Å². The van der Waals surface area contributed by atoms with Crippen LogP contribution < -0.4 is 5.32 Å². The van der Waals surface area contributed by atoms with Crippen molar-refractivity contribution in [1.29, 1.82) is 0 Å². The first-order valence-electron chi connectivity index (χ1n) is 6.69. The zero-order valence-electron chi connectivity index (χ0n) is 12.9. The van der Waals surface area contributed by atoms with Gasteiger partial charge in [0.05, 0.1) is 0 Å². The van der Waals surface area contributed by atoms with E-state index in [9.17, 15) is 4.79 Å². The summed E-state index contributed by atoms with van der Waals surface area (Å²) in [5, 5.41) is 2.90. The third kappa shape index (κ3) is 5.73. The van der Waals surface area contributed by atoms with E-state index in [2.05, 4.69) is 38.2 Å². The zero-order chi connectivity index (χ0) is 14.7. The van der Waals surface area contributed by atoms with Gasteiger partial charge in [0.1, 0.15) is 0 Å². The molecule has 0 unspecified atom stereocenters. The lowest BCUT2D eigenvalue weighted by atomic mass is 9.87. The number of carbonyl (C=O) groups excluding carboxylic acids is 1. The molecule has 0 spiro atoms. The number of carbonyl (C=O) groups is 1. The van der Waals surface area contributed by atoms with Crippen LogP contribution in [0.5, 0.6) is 0 Å². The molecule has 0 aromatic heterocycles. The molecule has 1 amide bonds. The van der Waals surface area contributed by atoms with Crippen molar-refractivity contribution in [2.24, 2.45) is 0 Å². The number of benzene rings is 1. The van der Waals surface area contributed by atoms with Crippen molar-refractivity contribution in [3.8, 4) is 0 Å². The number of rotatable bonds is 2. The van der Waals surface area contributed by atoms with Crippen molar-refractivity contribution >= 4 is 12.0 Å². The van der Waals surface area contributed by atoms with Gasteiger partial charge in [-0.15, -0.1) is 0 Å². The minimum atomic E-state index is -0.197. The van der Waals surface area contributed by atoms with E-state index in [1.54, 1.807) is 6.08 Å². The Kier molecular flexibility index (Phi) is 4.56. The van der Waals surface area contributed by atoms with Gasteiger partial charge in [0.25, 0.3) is 0 Å². The Morgan fingerprint density at radius 2 is 1.53 bits per heavy atom. The normalized spacial score (nSPS) is 12.7. The van der Waals surface area contributed by atoms with Crippen molar-refractivity contribution < 1.29 is 4.79 Å². The average Bonchev–Trinajstić information content (AvgIpc) is 2.23. The maximum atomic E-state index is 11.7. The van der Waals surface area contributed by atoms with E-state index in [0.717, 1.165) is 5.56 Å². The maximum absolute atomic E-state index is 11.7. The molecule has 0 saturated carbocycles. The van der Waals surface area contributed by atoms with E-state index in [1.165, 1.54) is 5.56 Å². The molecule has 1 rings (SSSR count). The topological polar surface area (TPSA) is 29.1 Å². The van der Waals surface area contributed by atoms with Gasteiger partial charge in [-0.05, 0) is 43.4 Å². The Morgan fingerprint density at radius 3 is 1.95 bits per heavy atom. The standard InChI is InChI=1S/C17H25NO/c1-16(2,3)14-10-7-13(8-11-14)9-12-15(19)18-17(4,5)6/h7-12H,1-6H3,(H,18,19)/b12-9+. The molecule has 0 radical (unpaired) electrons. The average molecular weight is 259 g/mol. The molecule has 0 heterocycles. The van der Waals surface area contributed by atoms with E-state index in [4.69, 9.17) is 0 Å². The molecular formula is C17H25NO. The van der Waals surface area contributed by atoms with Gasteiger partial charge in [0, 0.05) is 11.6 Å². The van der Waals surface area contributed by atoms with Crippen LogP contribution in [0, 0.1) is 0 Å². The highest BCUT2D eigenvalue weighted by Gasteiger charge is 2.13. The second kappa shape index (κ2) is 5.60.